The summed E-state index contributed by atoms with van der Waals surface area (Å²) in [5.41, 5.74) is 5.70. The largest absolute Gasteiger partial charge is 0.338 e. The van der Waals surface area contributed by atoms with Gasteiger partial charge in [0, 0.05) is 25.9 Å². The number of carbonyl (C=O) groups is 1. The van der Waals surface area contributed by atoms with Crippen molar-refractivity contribution < 1.29 is 4.79 Å². The van der Waals surface area contributed by atoms with Crippen LogP contribution < -0.4 is 5.73 Å². The molecule has 4 heteroatoms. The normalized spacial score (nSPS) is 13.0. The highest BCUT2D eigenvalue weighted by Gasteiger charge is 2.15. The fourth-order valence-electron chi connectivity index (χ4n) is 2.07. The second-order valence-electron chi connectivity index (χ2n) is 5.11. The summed E-state index contributed by atoms with van der Waals surface area (Å²) in [4.78, 5) is 16.1. The third kappa shape index (κ3) is 4.69. The predicted molar refractivity (Wildman–Crippen MR) is 68.5 cm³/mol. The van der Waals surface area contributed by atoms with Gasteiger partial charge in [-0.25, -0.2) is 4.98 Å². The van der Waals surface area contributed by atoms with E-state index in [9.17, 15) is 4.79 Å². The Hall–Kier alpha value is -1.16. The van der Waals surface area contributed by atoms with Crippen LogP contribution in [0.2, 0.25) is 0 Å². The van der Waals surface area contributed by atoms with Crippen LogP contribution >= 0.6 is 0 Å². The first-order valence-electron chi connectivity index (χ1n) is 6.20. The monoisotopic (exact) mass is 237 g/mol. The number of nitrogens with two attached hydrogens (primary N) is 1. The van der Waals surface area contributed by atoms with E-state index >= 15 is 0 Å². The molecule has 0 saturated carbocycles. The number of Topliss-reactive ketones (excluding diaryl/α,β-unsaturated/α-hetero) is 1. The lowest BCUT2D eigenvalue weighted by atomic mass is 9.92. The zero-order chi connectivity index (χ0) is 12.8. The van der Waals surface area contributed by atoms with Gasteiger partial charge in [0.2, 0.25) is 0 Å². The fraction of sp³-hybridized carbons (Fsp3) is 0.692. The zero-order valence-electron chi connectivity index (χ0n) is 11.0. The second-order valence-corrected chi connectivity index (χ2v) is 5.11. The van der Waals surface area contributed by atoms with Gasteiger partial charge in [0.1, 0.15) is 11.6 Å². The fourth-order valence-corrected chi connectivity index (χ4v) is 2.07. The molecular weight excluding hydrogens is 214 g/mol. The molecule has 1 heterocycles. The number of nitrogens with zero attached hydrogens (tertiary/aromatic N) is 2. The average Bonchev–Trinajstić information content (AvgIpc) is 2.62. The van der Waals surface area contributed by atoms with Crippen molar-refractivity contribution in [1.29, 1.82) is 0 Å². The molecule has 0 bridgehead atoms. The molecule has 0 aromatic carbocycles. The molecular formula is C13H23N3O. The standard InChI is InChI=1S/C13H23N3O/c1-10(2)6-11(9-14)7-12(17)8-13-15-4-5-16(13)3/h4-5,10-11H,6-9,14H2,1-3H3. The van der Waals surface area contributed by atoms with Gasteiger partial charge in [-0.15, -0.1) is 0 Å². The summed E-state index contributed by atoms with van der Waals surface area (Å²) < 4.78 is 1.89. The number of rotatable bonds is 7. The van der Waals surface area contributed by atoms with Crippen molar-refractivity contribution >= 4 is 5.78 Å². The van der Waals surface area contributed by atoms with Crippen molar-refractivity contribution in [1.82, 2.24) is 9.55 Å². The SMILES string of the molecule is CC(C)CC(CN)CC(=O)Cc1nccn1C. The van der Waals surface area contributed by atoms with Gasteiger partial charge in [0.25, 0.3) is 0 Å². The van der Waals surface area contributed by atoms with Crippen LogP contribution in [-0.2, 0) is 18.3 Å². The van der Waals surface area contributed by atoms with Crippen molar-refractivity contribution in [3.8, 4) is 0 Å². The van der Waals surface area contributed by atoms with Gasteiger partial charge in [-0.3, -0.25) is 4.79 Å². The molecule has 17 heavy (non-hydrogen) atoms. The van der Waals surface area contributed by atoms with Gasteiger partial charge in [0.05, 0.1) is 6.42 Å². The first-order chi connectivity index (χ1) is 8.02. The van der Waals surface area contributed by atoms with Crippen molar-refractivity contribution in [2.75, 3.05) is 6.54 Å². The highest BCUT2D eigenvalue weighted by Crippen LogP contribution is 2.15. The van der Waals surface area contributed by atoms with E-state index in [1.807, 2.05) is 17.8 Å². The Bertz CT molecular complexity index is 357. The van der Waals surface area contributed by atoms with E-state index in [1.165, 1.54) is 0 Å². The molecule has 1 atom stereocenters. The first kappa shape index (κ1) is 13.9. The molecule has 0 radical (unpaired) electrons. The smallest absolute Gasteiger partial charge is 0.140 e. The molecule has 1 aromatic heterocycles. The van der Waals surface area contributed by atoms with Crippen molar-refractivity contribution in [3.05, 3.63) is 18.2 Å². The Labute approximate surface area is 103 Å². The number of imidazole rings is 1. The Morgan fingerprint density at radius 1 is 1.53 bits per heavy atom. The van der Waals surface area contributed by atoms with Gasteiger partial charge < -0.3 is 10.3 Å². The lowest BCUT2D eigenvalue weighted by molar-refractivity contribution is -0.119. The average molecular weight is 237 g/mol. The minimum Gasteiger partial charge on any atom is -0.338 e. The number of ketones is 1. The third-order valence-corrected chi connectivity index (χ3v) is 2.93. The van der Waals surface area contributed by atoms with E-state index in [-0.39, 0.29) is 5.78 Å². The predicted octanol–water partition coefficient (Wildman–Crippen LogP) is 1.54. The molecule has 1 unspecified atom stereocenters. The highest BCUT2D eigenvalue weighted by molar-refractivity contribution is 5.80. The quantitative estimate of drug-likeness (QED) is 0.782. The summed E-state index contributed by atoms with van der Waals surface area (Å²) in [6.45, 7) is 4.91. The van der Waals surface area contributed by atoms with Crippen molar-refractivity contribution in [2.45, 2.75) is 33.1 Å². The molecule has 0 amide bonds. The van der Waals surface area contributed by atoms with Crippen LogP contribution in [0, 0.1) is 11.8 Å². The minimum absolute atomic E-state index is 0.232. The van der Waals surface area contributed by atoms with E-state index in [4.69, 9.17) is 5.73 Å². The van der Waals surface area contributed by atoms with E-state index in [0.29, 0.717) is 31.2 Å². The zero-order valence-corrected chi connectivity index (χ0v) is 11.0. The van der Waals surface area contributed by atoms with Crippen LogP contribution in [-0.4, -0.2) is 21.9 Å². The number of carbonyl (C=O) groups excluding carboxylic acids is 1. The van der Waals surface area contributed by atoms with Crippen molar-refractivity contribution in [2.24, 2.45) is 24.6 Å². The maximum absolute atomic E-state index is 11.9. The highest BCUT2D eigenvalue weighted by atomic mass is 16.1. The number of aryl methyl sites for hydroxylation is 1. The lowest BCUT2D eigenvalue weighted by Crippen LogP contribution is -2.21. The van der Waals surface area contributed by atoms with Crippen LogP contribution in [0.25, 0.3) is 0 Å². The maximum Gasteiger partial charge on any atom is 0.140 e. The van der Waals surface area contributed by atoms with Gasteiger partial charge in [0.15, 0.2) is 0 Å². The van der Waals surface area contributed by atoms with E-state index < -0.39 is 0 Å². The molecule has 2 N–H and O–H groups in total. The molecule has 1 aromatic rings. The Balaban J connectivity index is 2.45. The Morgan fingerprint density at radius 2 is 2.24 bits per heavy atom. The van der Waals surface area contributed by atoms with Crippen LogP contribution in [0.5, 0.6) is 0 Å². The molecule has 0 saturated heterocycles. The van der Waals surface area contributed by atoms with E-state index in [0.717, 1.165) is 12.2 Å². The Kier molecular flexibility index (Phi) is 5.35. The molecule has 0 aliphatic rings. The molecule has 0 aliphatic heterocycles. The number of hydrogen-bond donors (Lipinski definition) is 1. The van der Waals surface area contributed by atoms with Gasteiger partial charge in [-0.1, -0.05) is 13.8 Å². The van der Waals surface area contributed by atoms with Gasteiger partial charge in [-0.2, -0.15) is 0 Å². The van der Waals surface area contributed by atoms with Crippen molar-refractivity contribution in [3.63, 3.8) is 0 Å². The van der Waals surface area contributed by atoms with Gasteiger partial charge >= 0.3 is 0 Å². The van der Waals surface area contributed by atoms with Crippen LogP contribution in [0.3, 0.4) is 0 Å². The molecule has 0 aliphatic carbocycles. The summed E-state index contributed by atoms with van der Waals surface area (Å²) in [5, 5.41) is 0. The topological polar surface area (TPSA) is 60.9 Å². The summed E-state index contributed by atoms with van der Waals surface area (Å²) in [5.74, 6) is 1.96. The van der Waals surface area contributed by atoms with Gasteiger partial charge in [-0.05, 0) is 24.8 Å². The summed E-state index contributed by atoms with van der Waals surface area (Å²) in [6, 6.07) is 0. The lowest BCUT2D eigenvalue weighted by Gasteiger charge is -2.15. The number of aromatic nitrogens is 2. The molecule has 1 rings (SSSR count). The van der Waals surface area contributed by atoms with E-state index in [1.54, 1.807) is 6.20 Å². The molecule has 96 valence electrons. The van der Waals surface area contributed by atoms with Crippen LogP contribution in [0.4, 0.5) is 0 Å². The number of hydrogen-bond acceptors (Lipinski definition) is 3. The molecule has 4 nitrogen and oxygen atoms in total. The van der Waals surface area contributed by atoms with E-state index in [2.05, 4.69) is 18.8 Å². The van der Waals surface area contributed by atoms with Crippen LogP contribution in [0.1, 0.15) is 32.5 Å². The second kappa shape index (κ2) is 6.55. The van der Waals surface area contributed by atoms with Crippen LogP contribution in [0.15, 0.2) is 12.4 Å². The first-order valence-corrected chi connectivity index (χ1v) is 6.20. The molecule has 0 fully saturated rings. The maximum atomic E-state index is 11.9. The Morgan fingerprint density at radius 3 is 2.71 bits per heavy atom. The minimum atomic E-state index is 0.232. The summed E-state index contributed by atoms with van der Waals surface area (Å²) >= 11 is 0. The summed E-state index contributed by atoms with van der Waals surface area (Å²) in [7, 11) is 1.91. The summed E-state index contributed by atoms with van der Waals surface area (Å²) in [6.07, 6.45) is 5.58. The third-order valence-electron chi connectivity index (χ3n) is 2.93. The molecule has 0 spiro atoms.